The predicted molar refractivity (Wildman–Crippen MR) is 69.9 cm³/mol. The first kappa shape index (κ1) is 12.8. The van der Waals surface area contributed by atoms with Crippen LogP contribution in [-0.2, 0) is 4.75 Å². The largest absolute Gasteiger partial charge is 0.386 e. The minimum atomic E-state index is -0.766. The first-order chi connectivity index (χ1) is 7.53. The summed E-state index contributed by atoms with van der Waals surface area (Å²) < 4.78 is -0.766. The van der Waals surface area contributed by atoms with Crippen LogP contribution in [0.15, 0.2) is 16.6 Å². The topological polar surface area (TPSA) is 127 Å². The summed E-state index contributed by atoms with van der Waals surface area (Å²) in [7, 11) is 0. The Morgan fingerprint density at radius 3 is 2.69 bits per heavy atom. The van der Waals surface area contributed by atoms with E-state index in [1.165, 1.54) is 23.1 Å². The normalized spacial score (nSPS) is 14.1. The number of thiazole rings is 1. The van der Waals surface area contributed by atoms with E-state index in [1.54, 1.807) is 6.20 Å². The fraction of sp³-hybridized carbons (Fsp3) is 0.375. The van der Waals surface area contributed by atoms with Crippen LogP contribution in [0.1, 0.15) is 5.01 Å². The summed E-state index contributed by atoms with van der Waals surface area (Å²) in [6, 6.07) is 0. The highest BCUT2D eigenvalue weighted by atomic mass is 32.2. The van der Waals surface area contributed by atoms with Crippen LogP contribution in [-0.4, -0.2) is 29.6 Å². The van der Waals surface area contributed by atoms with Gasteiger partial charge in [-0.3, -0.25) is 10.4 Å². The maximum atomic E-state index is 7.69. The molecular weight excluding hydrogens is 244 g/mol. The van der Waals surface area contributed by atoms with Crippen molar-refractivity contribution in [2.24, 2.45) is 22.2 Å². The molecule has 0 saturated heterocycles. The summed E-state index contributed by atoms with van der Waals surface area (Å²) in [6.45, 7) is 0.222. The van der Waals surface area contributed by atoms with E-state index in [0.29, 0.717) is 0 Å². The molecule has 0 radical (unpaired) electrons. The Morgan fingerprint density at radius 1 is 1.62 bits per heavy atom. The van der Waals surface area contributed by atoms with Crippen LogP contribution < -0.4 is 17.2 Å². The van der Waals surface area contributed by atoms with Gasteiger partial charge >= 0.3 is 0 Å². The van der Waals surface area contributed by atoms with Crippen molar-refractivity contribution in [3.8, 4) is 0 Å². The van der Waals surface area contributed by atoms with Crippen molar-refractivity contribution >= 4 is 34.9 Å². The second-order valence-electron chi connectivity index (χ2n) is 3.02. The summed E-state index contributed by atoms with van der Waals surface area (Å²) >= 11 is 2.84. The molecule has 16 heavy (non-hydrogen) atoms. The molecule has 0 aliphatic carbocycles. The summed E-state index contributed by atoms with van der Waals surface area (Å²) in [5.41, 5.74) is 16.2. The number of guanidine groups is 1. The molecule has 8 heteroatoms. The molecule has 0 saturated carbocycles. The van der Waals surface area contributed by atoms with E-state index in [0.717, 1.165) is 5.01 Å². The van der Waals surface area contributed by atoms with Crippen LogP contribution in [0.2, 0.25) is 0 Å². The number of hydrogen-bond donors (Lipinski definition) is 4. The molecule has 1 unspecified atom stereocenters. The zero-order valence-corrected chi connectivity index (χ0v) is 10.4. The van der Waals surface area contributed by atoms with E-state index < -0.39 is 4.75 Å². The summed E-state index contributed by atoms with van der Waals surface area (Å²) in [5.74, 6) is -0.0174. The summed E-state index contributed by atoms with van der Waals surface area (Å²) in [4.78, 5) is 8.13. The molecular formula is C8H14N6S2. The lowest BCUT2D eigenvalue weighted by atomic mass is 10.1. The Hall–Kier alpha value is -1.28. The minimum absolute atomic E-state index is 0.0000463. The summed E-state index contributed by atoms with van der Waals surface area (Å²) in [6.07, 6.45) is 3.52. The smallest absolute Gasteiger partial charge is 0.185 e. The van der Waals surface area contributed by atoms with E-state index in [-0.39, 0.29) is 18.3 Å². The van der Waals surface area contributed by atoms with E-state index in [9.17, 15) is 0 Å². The standard InChI is InChI=1S/C8H14N6S2/c1-15-8(5(9)10,4-14-7(11)12)6-13-2-3-16-6/h2-3H,4H2,1H3,(H3,9,10)(H4,11,12,14). The van der Waals surface area contributed by atoms with Crippen LogP contribution in [0.4, 0.5) is 0 Å². The molecule has 88 valence electrons. The van der Waals surface area contributed by atoms with Gasteiger partial charge in [0.1, 0.15) is 15.6 Å². The molecule has 0 aliphatic heterocycles. The molecule has 1 aromatic rings. The summed E-state index contributed by atoms with van der Waals surface area (Å²) in [5, 5.41) is 10.3. The third kappa shape index (κ3) is 2.45. The van der Waals surface area contributed by atoms with Gasteiger partial charge in [0.2, 0.25) is 0 Å². The van der Waals surface area contributed by atoms with Gasteiger partial charge in [0.15, 0.2) is 5.96 Å². The van der Waals surface area contributed by atoms with Crippen LogP contribution >= 0.6 is 23.1 Å². The number of hydrogen-bond acceptors (Lipinski definition) is 5. The van der Waals surface area contributed by atoms with E-state index >= 15 is 0 Å². The highest BCUT2D eigenvalue weighted by Gasteiger charge is 2.37. The maximum Gasteiger partial charge on any atom is 0.185 e. The monoisotopic (exact) mass is 258 g/mol. The molecule has 7 N–H and O–H groups in total. The van der Waals surface area contributed by atoms with Gasteiger partial charge in [0.05, 0.1) is 6.54 Å². The Balaban J connectivity index is 3.11. The minimum Gasteiger partial charge on any atom is -0.386 e. The fourth-order valence-corrected chi connectivity index (χ4v) is 2.93. The third-order valence-electron chi connectivity index (χ3n) is 2.05. The van der Waals surface area contributed by atoms with Gasteiger partial charge < -0.3 is 17.2 Å². The number of nitrogens with one attached hydrogen (secondary N) is 1. The molecule has 0 fully saturated rings. The Bertz CT molecular complexity index is 383. The second-order valence-corrected chi connectivity index (χ2v) is 5.02. The van der Waals surface area contributed by atoms with Crippen molar-refractivity contribution in [3.05, 3.63) is 16.6 Å². The first-order valence-electron chi connectivity index (χ1n) is 4.38. The average Bonchev–Trinajstić information content (AvgIpc) is 2.72. The van der Waals surface area contributed by atoms with Gasteiger partial charge in [0, 0.05) is 11.6 Å². The van der Waals surface area contributed by atoms with Crippen LogP contribution in [0.25, 0.3) is 0 Å². The van der Waals surface area contributed by atoms with Gasteiger partial charge in [-0.1, -0.05) is 0 Å². The molecule has 0 aliphatic rings. The number of nitrogens with two attached hydrogens (primary N) is 3. The molecule has 1 atom stereocenters. The number of amidine groups is 1. The van der Waals surface area contributed by atoms with Crippen molar-refractivity contribution in [1.29, 1.82) is 5.41 Å². The SMILES string of the molecule is CSC(CN=C(N)N)(C(=N)N)c1nccs1. The van der Waals surface area contributed by atoms with E-state index in [2.05, 4.69) is 9.98 Å². The lowest BCUT2D eigenvalue weighted by Crippen LogP contribution is -2.41. The van der Waals surface area contributed by atoms with Crippen molar-refractivity contribution in [2.45, 2.75) is 4.75 Å². The van der Waals surface area contributed by atoms with E-state index in [4.69, 9.17) is 22.6 Å². The average molecular weight is 258 g/mol. The quantitative estimate of drug-likeness (QED) is 0.433. The predicted octanol–water partition coefficient (Wildman–Crippen LogP) is -0.0892. The molecule has 0 amide bonds. The van der Waals surface area contributed by atoms with Gasteiger partial charge in [-0.25, -0.2) is 4.98 Å². The van der Waals surface area contributed by atoms with Gasteiger partial charge in [0.25, 0.3) is 0 Å². The third-order valence-corrected chi connectivity index (χ3v) is 4.35. The van der Waals surface area contributed by atoms with Crippen LogP contribution in [0.3, 0.4) is 0 Å². The van der Waals surface area contributed by atoms with Gasteiger partial charge in [-0.15, -0.1) is 23.1 Å². The highest BCUT2D eigenvalue weighted by Crippen LogP contribution is 2.36. The zero-order valence-electron chi connectivity index (χ0n) is 8.80. The number of rotatable bonds is 5. The number of nitrogens with zero attached hydrogens (tertiary/aromatic N) is 2. The number of aromatic nitrogens is 1. The van der Waals surface area contributed by atoms with Crippen molar-refractivity contribution in [3.63, 3.8) is 0 Å². The maximum absolute atomic E-state index is 7.69. The number of aliphatic imine (C=N–C) groups is 1. The Kier molecular flexibility index (Phi) is 4.13. The fourth-order valence-electron chi connectivity index (χ4n) is 1.16. The van der Waals surface area contributed by atoms with Crippen molar-refractivity contribution in [1.82, 2.24) is 4.98 Å². The van der Waals surface area contributed by atoms with Gasteiger partial charge in [-0.05, 0) is 6.26 Å². The molecule has 1 aromatic heterocycles. The first-order valence-corrected chi connectivity index (χ1v) is 6.48. The lowest BCUT2D eigenvalue weighted by Gasteiger charge is -2.26. The molecule has 0 spiro atoms. The molecule has 0 aromatic carbocycles. The highest BCUT2D eigenvalue weighted by molar-refractivity contribution is 8.00. The number of thioether (sulfide) groups is 1. The Morgan fingerprint density at radius 2 is 2.31 bits per heavy atom. The molecule has 1 heterocycles. The second kappa shape index (κ2) is 5.17. The van der Waals surface area contributed by atoms with Gasteiger partial charge in [-0.2, -0.15) is 0 Å². The zero-order chi connectivity index (χ0) is 12.2. The van der Waals surface area contributed by atoms with Crippen molar-refractivity contribution in [2.75, 3.05) is 12.8 Å². The lowest BCUT2D eigenvalue weighted by molar-refractivity contribution is 0.799. The van der Waals surface area contributed by atoms with Crippen LogP contribution in [0.5, 0.6) is 0 Å². The van der Waals surface area contributed by atoms with Crippen LogP contribution in [0, 0.1) is 5.41 Å². The van der Waals surface area contributed by atoms with E-state index in [1.807, 2.05) is 11.6 Å². The Labute approximate surface area is 102 Å². The molecule has 1 rings (SSSR count). The molecule has 0 bridgehead atoms. The van der Waals surface area contributed by atoms with Crippen molar-refractivity contribution < 1.29 is 0 Å². The molecule has 6 nitrogen and oxygen atoms in total.